The second-order valence-electron chi connectivity index (χ2n) is 6.21. The molecule has 0 heterocycles. The minimum Gasteiger partial charge on any atom is -0.491 e. The molecule has 0 bridgehead atoms. The number of hydrogen-bond acceptors (Lipinski definition) is 2. The van der Waals surface area contributed by atoms with Gasteiger partial charge in [-0.05, 0) is 62.8 Å². The van der Waals surface area contributed by atoms with Gasteiger partial charge < -0.3 is 10.1 Å². The van der Waals surface area contributed by atoms with Crippen LogP contribution in [0.2, 0.25) is 0 Å². The summed E-state index contributed by atoms with van der Waals surface area (Å²) < 4.78 is 5.65. The highest BCUT2D eigenvalue weighted by Gasteiger charge is 2.18. The van der Waals surface area contributed by atoms with Crippen LogP contribution in [0.5, 0.6) is 5.75 Å². The van der Waals surface area contributed by atoms with E-state index in [1.54, 1.807) is 0 Å². The zero-order valence-corrected chi connectivity index (χ0v) is 12.5. The monoisotopic (exact) mass is 261 g/mol. The highest BCUT2D eigenvalue weighted by molar-refractivity contribution is 5.46. The molecule has 1 aromatic carbocycles. The Hall–Kier alpha value is -1.18. The normalized spacial score (nSPS) is 23.4. The molecule has 1 fully saturated rings. The minimum absolute atomic E-state index is 0.238. The summed E-state index contributed by atoms with van der Waals surface area (Å²) in [4.78, 5) is 0. The highest BCUT2D eigenvalue weighted by Crippen LogP contribution is 2.28. The van der Waals surface area contributed by atoms with E-state index < -0.39 is 0 Å². The second-order valence-corrected chi connectivity index (χ2v) is 6.21. The maximum Gasteiger partial charge on any atom is 0.119 e. The van der Waals surface area contributed by atoms with Crippen LogP contribution in [0.3, 0.4) is 0 Å². The van der Waals surface area contributed by atoms with E-state index in [2.05, 4.69) is 38.2 Å². The molecule has 2 rings (SSSR count). The van der Waals surface area contributed by atoms with Gasteiger partial charge in [-0.2, -0.15) is 0 Å². The van der Waals surface area contributed by atoms with Gasteiger partial charge in [-0.25, -0.2) is 0 Å². The van der Waals surface area contributed by atoms with Crippen LogP contribution in [-0.2, 0) is 0 Å². The smallest absolute Gasteiger partial charge is 0.119 e. The predicted octanol–water partition coefficient (Wildman–Crippen LogP) is 4.71. The van der Waals surface area contributed by atoms with E-state index in [4.69, 9.17) is 4.74 Å². The second kappa shape index (κ2) is 6.83. The van der Waals surface area contributed by atoms with E-state index in [0.717, 1.165) is 24.1 Å². The van der Waals surface area contributed by atoms with E-state index >= 15 is 0 Å². The van der Waals surface area contributed by atoms with Crippen molar-refractivity contribution in [1.82, 2.24) is 0 Å². The molecule has 0 spiro atoms. The lowest BCUT2D eigenvalue weighted by molar-refractivity contribution is 0.242. The molecular weight excluding hydrogens is 234 g/mol. The van der Waals surface area contributed by atoms with Crippen molar-refractivity contribution in [1.29, 1.82) is 0 Å². The Morgan fingerprint density at radius 1 is 1.21 bits per heavy atom. The number of rotatable bonds is 5. The quantitative estimate of drug-likeness (QED) is 0.828. The SMILES string of the molecule is CC1CCCC(CNc2ccc(OC(C)C)cc2)C1. The summed E-state index contributed by atoms with van der Waals surface area (Å²) in [7, 11) is 0. The molecule has 106 valence electrons. The van der Waals surface area contributed by atoms with Crippen molar-refractivity contribution in [2.24, 2.45) is 11.8 Å². The Bertz CT molecular complexity index is 371. The third-order valence-electron chi connectivity index (χ3n) is 3.87. The van der Waals surface area contributed by atoms with Crippen molar-refractivity contribution in [3.8, 4) is 5.75 Å². The molecule has 0 saturated heterocycles. The van der Waals surface area contributed by atoms with Crippen LogP contribution in [0.15, 0.2) is 24.3 Å². The lowest BCUT2D eigenvalue weighted by Crippen LogP contribution is -2.20. The first-order valence-electron chi connectivity index (χ1n) is 7.64. The van der Waals surface area contributed by atoms with Gasteiger partial charge in [-0.15, -0.1) is 0 Å². The molecule has 1 saturated carbocycles. The van der Waals surface area contributed by atoms with Crippen LogP contribution in [0.25, 0.3) is 0 Å². The van der Waals surface area contributed by atoms with Crippen LogP contribution < -0.4 is 10.1 Å². The molecule has 0 radical (unpaired) electrons. The standard InChI is InChI=1S/C17H27NO/c1-13(2)19-17-9-7-16(8-10-17)18-12-15-6-4-5-14(3)11-15/h7-10,13-15,18H,4-6,11-12H2,1-3H3. The van der Waals surface area contributed by atoms with Gasteiger partial charge >= 0.3 is 0 Å². The van der Waals surface area contributed by atoms with Crippen LogP contribution >= 0.6 is 0 Å². The molecule has 2 nitrogen and oxygen atoms in total. The Balaban J connectivity index is 1.79. The minimum atomic E-state index is 0.238. The topological polar surface area (TPSA) is 21.3 Å². The van der Waals surface area contributed by atoms with E-state index in [9.17, 15) is 0 Å². The predicted molar refractivity (Wildman–Crippen MR) is 81.8 cm³/mol. The van der Waals surface area contributed by atoms with Crippen molar-refractivity contribution in [2.45, 2.75) is 52.6 Å². The first-order chi connectivity index (χ1) is 9.13. The molecule has 0 aromatic heterocycles. The van der Waals surface area contributed by atoms with Crippen molar-refractivity contribution in [3.05, 3.63) is 24.3 Å². The average Bonchev–Trinajstić information content (AvgIpc) is 2.37. The number of anilines is 1. The zero-order valence-electron chi connectivity index (χ0n) is 12.5. The molecule has 19 heavy (non-hydrogen) atoms. The molecule has 1 aliphatic rings. The molecule has 1 N–H and O–H groups in total. The van der Waals surface area contributed by atoms with Crippen LogP contribution in [0, 0.1) is 11.8 Å². The highest BCUT2D eigenvalue weighted by atomic mass is 16.5. The van der Waals surface area contributed by atoms with Crippen LogP contribution in [-0.4, -0.2) is 12.6 Å². The van der Waals surface area contributed by atoms with Gasteiger partial charge in [-0.1, -0.05) is 19.8 Å². The van der Waals surface area contributed by atoms with E-state index in [1.165, 1.54) is 31.4 Å². The average molecular weight is 261 g/mol. The molecule has 0 amide bonds. The molecule has 1 aromatic rings. The lowest BCUT2D eigenvalue weighted by Gasteiger charge is -2.27. The molecule has 2 heteroatoms. The fourth-order valence-electron chi connectivity index (χ4n) is 2.93. The largest absolute Gasteiger partial charge is 0.491 e. The van der Waals surface area contributed by atoms with Crippen LogP contribution in [0.4, 0.5) is 5.69 Å². The Morgan fingerprint density at radius 2 is 1.95 bits per heavy atom. The Kier molecular flexibility index (Phi) is 5.12. The van der Waals surface area contributed by atoms with E-state index in [-0.39, 0.29) is 6.10 Å². The molecule has 1 aliphatic carbocycles. The van der Waals surface area contributed by atoms with Gasteiger partial charge in [0, 0.05) is 12.2 Å². The van der Waals surface area contributed by atoms with Gasteiger partial charge in [0.2, 0.25) is 0 Å². The summed E-state index contributed by atoms with van der Waals surface area (Å²) in [6.07, 6.45) is 5.81. The number of ether oxygens (including phenoxy) is 1. The van der Waals surface area contributed by atoms with Crippen molar-refractivity contribution in [3.63, 3.8) is 0 Å². The summed E-state index contributed by atoms with van der Waals surface area (Å²) in [5.74, 6) is 2.70. The van der Waals surface area contributed by atoms with Crippen molar-refractivity contribution in [2.75, 3.05) is 11.9 Å². The van der Waals surface area contributed by atoms with E-state index in [1.807, 2.05) is 12.1 Å². The van der Waals surface area contributed by atoms with Gasteiger partial charge in [0.05, 0.1) is 6.10 Å². The van der Waals surface area contributed by atoms with Crippen LogP contribution in [0.1, 0.15) is 46.5 Å². The van der Waals surface area contributed by atoms with Crippen molar-refractivity contribution >= 4 is 5.69 Å². The summed E-state index contributed by atoms with van der Waals surface area (Å²) in [6.45, 7) is 7.59. The number of hydrogen-bond donors (Lipinski definition) is 1. The fourth-order valence-corrected chi connectivity index (χ4v) is 2.93. The molecule has 0 aliphatic heterocycles. The van der Waals surface area contributed by atoms with Gasteiger partial charge in [-0.3, -0.25) is 0 Å². The lowest BCUT2D eigenvalue weighted by atomic mass is 9.82. The maximum atomic E-state index is 5.65. The summed E-state index contributed by atoms with van der Waals surface area (Å²) in [6, 6.07) is 8.32. The maximum absolute atomic E-state index is 5.65. The zero-order chi connectivity index (χ0) is 13.7. The third kappa shape index (κ3) is 4.77. The Labute approximate surface area is 117 Å². The van der Waals surface area contributed by atoms with Crippen molar-refractivity contribution < 1.29 is 4.74 Å². The summed E-state index contributed by atoms with van der Waals surface area (Å²) in [5.41, 5.74) is 1.20. The van der Waals surface area contributed by atoms with Gasteiger partial charge in [0.15, 0.2) is 0 Å². The fraction of sp³-hybridized carbons (Fsp3) is 0.647. The number of nitrogens with one attached hydrogen (secondary N) is 1. The molecule has 2 unspecified atom stereocenters. The molecular formula is C17H27NO. The van der Waals surface area contributed by atoms with Gasteiger partial charge in [0.1, 0.15) is 5.75 Å². The van der Waals surface area contributed by atoms with E-state index in [0.29, 0.717) is 0 Å². The summed E-state index contributed by atoms with van der Waals surface area (Å²) >= 11 is 0. The first kappa shape index (κ1) is 14.2. The third-order valence-corrected chi connectivity index (χ3v) is 3.87. The number of benzene rings is 1. The first-order valence-corrected chi connectivity index (χ1v) is 7.64. The summed E-state index contributed by atoms with van der Waals surface area (Å²) in [5, 5.41) is 3.56. The molecule has 2 atom stereocenters. The van der Waals surface area contributed by atoms with Gasteiger partial charge in [0.25, 0.3) is 0 Å². The Morgan fingerprint density at radius 3 is 2.58 bits per heavy atom.